The van der Waals surface area contributed by atoms with E-state index in [1.54, 1.807) is 0 Å². The van der Waals surface area contributed by atoms with Gasteiger partial charge in [-0.3, -0.25) is 9.59 Å². The first-order valence-electron chi connectivity index (χ1n) is 13.0. The molecule has 0 atom stereocenters. The summed E-state index contributed by atoms with van der Waals surface area (Å²) in [6, 6.07) is 0. The third kappa shape index (κ3) is 6.72. The summed E-state index contributed by atoms with van der Waals surface area (Å²) in [6.45, 7) is 0. The van der Waals surface area contributed by atoms with Crippen LogP contribution in [-0.4, -0.2) is 22.2 Å². The van der Waals surface area contributed by atoms with E-state index in [1.807, 2.05) is 0 Å². The molecule has 4 nitrogen and oxygen atoms in total. The minimum absolute atomic E-state index is 0.536. The van der Waals surface area contributed by atoms with Crippen LogP contribution >= 0.6 is 0 Å². The van der Waals surface area contributed by atoms with Gasteiger partial charge in [-0.1, -0.05) is 116 Å². The van der Waals surface area contributed by atoms with Gasteiger partial charge >= 0.3 is 11.9 Å². The van der Waals surface area contributed by atoms with Crippen LogP contribution in [-0.2, 0) is 9.59 Å². The molecule has 174 valence electrons. The van der Waals surface area contributed by atoms with Crippen LogP contribution in [0, 0.1) is 10.8 Å². The highest BCUT2D eigenvalue weighted by atomic mass is 16.4. The Hall–Kier alpha value is -1.06. The van der Waals surface area contributed by atoms with Crippen molar-refractivity contribution in [2.24, 2.45) is 10.8 Å². The highest BCUT2D eigenvalue weighted by molar-refractivity contribution is 5.86. The number of hydrogen-bond acceptors (Lipinski definition) is 2. The minimum atomic E-state index is -1.11. The fraction of sp³-hybridized carbons (Fsp3) is 0.923. The summed E-state index contributed by atoms with van der Waals surface area (Å²) >= 11 is 0. The molecule has 0 bridgehead atoms. The van der Waals surface area contributed by atoms with E-state index in [0.717, 1.165) is 77.0 Å². The molecule has 0 saturated heterocycles. The molecule has 2 fully saturated rings. The molecule has 2 saturated carbocycles. The first-order valence-corrected chi connectivity index (χ1v) is 13.0. The lowest BCUT2D eigenvalue weighted by atomic mass is 9.54. The Bertz CT molecular complexity index is 443. The molecule has 2 aliphatic carbocycles. The molecule has 4 heteroatoms. The quantitative estimate of drug-likeness (QED) is 0.488. The zero-order valence-electron chi connectivity index (χ0n) is 19.3. The number of carboxylic acid groups (broad SMARTS) is 2. The molecule has 0 aromatic heterocycles. The van der Waals surface area contributed by atoms with E-state index < -0.39 is 22.8 Å². The summed E-state index contributed by atoms with van der Waals surface area (Å²) < 4.78 is 0. The van der Waals surface area contributed by atoms with Gasteiger partial charge in [0.15, 0.2) is 0 Å². The van der Waals surface area contributed by atoms with Crippen LogP contribution in [0.15, 0.2) is 0 Å². The van der Waals surface area contributed by atoms with Crippen LogP contribution in [0.5, 0.6) is 0 Å². The summed E-state index contributed by atoms with van der Waals surface area (Å²) in [5.41, 5.74) is -2.22. The van der Waals surface area contributed by atoms with Gasteiger partial charge in [-0.15, -0.1) is 0 Å². The van der Waals surface area contributed by atoms with Gasteiger partial charge in [0.25, 0.3) is 0 Å². The summed E-state index contributed by atoms with van der Waals surface area (Å²) in [5.74, 6) is -1.68. The second-order valence-corrected chi connectivity index (χ2v) is 10.1. The minimum Gasteiger partial charge on any atom is -0.481 e. The average molecular weight is 423 g/mol. The predicted molar refractivity (Wildman–Crippen MR) is 122 cm³/mol. The highest BCUT2D eigenvalue weighted by Gasteiger charge is 2.59. The van der Waals surface area contributed by atoms with Gasteiger partial charge in [-0.2, -0.15) is 0 Å². The van der Waals surface area contributed by atoms with E-state index in [0.29, 0.717) is 25.7 Å². The maximum absolute atomic E-state index is 12.9. The predicted octanol–water partition coefficient (Wildman–Crippen LogP) is 7.74. The summed E-state index contributed by atoms with van der Waals surface area (Å²) in [6.07, 6.45) is 21.7. The van der Waals surface area contributed by atoms with Gasteiger partial charge in [-0.25, -0.2) is 0 Å². The average Bonchev–Trinajstić information content (AvgIpc) is 2.69. The van der Waals surface area contributed by atoms with Crippen molar-refractivity contribution in [2.45, 2.75) is 141 Å². The summed E-state index contributed by atoms with van der Waals surface area (Å²) in [4.78, 5) is 25.8. The van der Waals surface area contributed by atoms with Gasteiger partial charge in [-0.05, 0) is 25.7 Å². The number of hydrogen-bond donors (Lipinski definition) is 2. The molecule has 0 radical (unpaired) electrons. The van der Waals surface area contributed by atoms with Gasteiger partial charge in [0.1, 0.15) is 0 Å². The molecular formula is C26H46O4. The second kappa shape index (κ2) is 13.4. The lowest BCUT2D eigenvalue weighted by Gasteiger charge is -2.46. The van der Waals surface area contributed by atoms with Crippen molar-refractivity contribution in [2.75, 3.05) is 0 Å². The van der Waals surface area contributed by atoms with E-state index in [4.69, 9.17) is 0 Å². The van der Waals surface area contributed by atoms with E-state index >= 15 is 0 Å². The van der Waals surface area contributed by atoms with E-state index in [-0.39, 0.29) is 0 Å². The fourth-order valence-electron chi connectivity index (χ4n) is 6.23. The van der Waals surface area contributed by atoms with Gasteiger partial charge in [0, 0.05) is 0 Å². The first kappa shape index (κ1) is 25.2. The monoisotopic (exact) mass is 422 g/mol. The van der Waals surface area contributed by atoms with Crippen molar-refractivity contribution < 1.29 is 19.8 Å². The second-order valence-electron chi connectivity index (χ2n) is 10.1. The number of aliphatic carboxylic acids is 2. The molecule has 0 aliphatic heterocycles. The number of carbonyl (C=O) groups is 2. The highest BCUT2D eigenvalue weighted by Crippen LogP contribution is 2.54. The van der Waals surface area contributed by atoms with Crippen LogP contribution in [0.2, 0.25) is 0 Å². The molecule has 0 amide bonds. The van der Waals surface area contributed by atoms with Crippen molar-refractivity contribution in [3.63, 3.8) is 0 Å². The van der Waals surface area contributed by atoms with Crippen LogP contribution in [0.25, 0.3) is 0 Å². The van der Waals surface area contributed by atoms with Crippen molar-refractivity contribution >= 4 is 11.9 Å². The van der Waals surface area contributed by atoms with Crippen LogP contribution in [0.4, 0.5) is 0 Å². The molecule has 0 unspecified atom stereocenters. The van der Waals surface area contributed by atoms with Gasteiger partial charge in [0.2, 0.25) is 0 Å². The maximum Gasteiger partial charge on any atom is 0.310 e. The SMILES string of the molecule is O=C(O)C1(C2(C(=O)O)CCCCCCCCCCC2)CCCCCCCCCCC1. The zero-order valence-corrected chi connectivity index (χ0v) is 19.3. The van der Waals surface area contributed by atoms with Crippen LogP contribution in [0.1, 0.15) is 141 Å². The Morgan fingerprint density at radius 1 is 0.367 bits per heavy atom. The molecule has 0 heterocycles. The zero-order chi connectivity index (χ0) is 21.7. The lowest BCUT2D eigenvalue weighted by Crippen LogP contribution is -2.53. The van der Waals surface area contributed by atoms with Gasteiger partial charge < -0.3 is 10.2 Å². The van der Waals surface area contributed by atoms with Gasteiger partial charge in [0.05, 0.1) is 10.8 Å². The number of carboxylic acids is 2. The smallest absolute Gasteiger partial charge is 0.310 e. The Kier molecular flexibility index (Phi) is 11.2. The first-order chi connectivity index (χ1) is 14.6. The molecule has 0 aromatic carbocycles. The fourth-order valence-corrected chi connectivity index (χ4v) is 6.23. The van der Waals surface area contributed by atoms with Crippen LogP contribution < -0.4 is 0 Å². The third-order valence-corrected chi connectivity index (χ3v) is 8.15. The largest absolute Gasteiger partial charge is 0.481 e. The third-order valence-electron chi connectivity index (χ3n) is 8.15. The molecule has 2 aliphatic rings. The standard InChI is InChI=1S/C26H46O4/c27-23(28)25(19-15-11-7-3-1-4-8-12-16-20-25)26(24(29)30)21-17-13-9-5-2-6-10-14-18-22-26/h1-22H2,(H,27,28)(H,29,30). The Morgan fingerprint density at radius 3 is 0.700 bits per heavy atom. The Balaban J connectivity index is 2.35. The normalized spacial score (nSPS) is 25.5. The molecule has 2 rings (SSSR count). The Labute approximate surface area is 184 Å². The van der Waals surface area contributed by atoms with E-state index in [2.05, 4.69) is 0 Å². The van der Waals surface area contributed by atoms with Crippen LogP contribution in [0.3, 0.4) is 0 Å². The topological polar surface area (TPSA) is 74.6 Å². The molecular weight excluding hydrogens is 376 g/mol. The molecule has 0 spiro atoms. The maximum atomic E-state index is 12.9. The Morgan fingerprint density at radius 2 is 0.533 bits per heavy atom. The number of rotatable bonds is 3. The molecule has 0 aromatic rings. The summed E-state index contributed by atoms with van der Waals surface area (Å²) in [5, 5.41) is 21.2. The summed E-state index contributed by atoms with van der Waals surface area (Å²) in [7, 11) is 0. The molecule has 30 heavy (non-hydrogen) atoms. The van der Waals surface area contributed by atoms with Crippen molar-refractivity contribution in [3.8, 4) is 0 Å². The molecule has 2 N–H and O–H groups in total. The van der Waals surface area contributed by atoms with Crippen molar-refractivity contribution in [1.82, 2.24) is 0 Å². The lowest BCUT2D eigenvalue weighted by molar-refractivity contribution is -0.179. The van der Waals surface area contributed by atoms with E-state index in [1.165, 1.54) is 38.5 Å². The van der Waals surface area contributed by atoms with E-state index in [9.17, 15) is 19.8 Å². The van der Waals surface area contributed by atoms with Crippen molar-refractivity contribution in [3.05, 3.63) is 0 Å². The van der Waals surface area contributed by atoms with Crippen molar-refractivity contribution in [1.29, 1.82) is 0 Å².